The lowest BCUT2D eigenvalue weighted by Gasteiger charge is -2.25. The van der Waals surface area contributed by atoms with Crippen LogP contribution in [0.15, 0.2) is 60.2 Å². The molecule has 2 N–H and O–H groups in total. The Labute approximate surface area is 171 Å². The normalized spacial score (nSPS) is 17.8. The first kappa shape index (κ1) is 20.7. The molecule has 9 nitrogen and oxygen atoms in total. The molecule has 154 valence electrons. The average molecular weight is 409 g/mol. The molecule has 1 heterocycles. The molecule has 2 amide bonds. The van der Waals surface area contributed by atoms with Gasteiger partial charge in [0.1, 0.15) is 5.76 Å². The zero-order valence-electron chi connectivity index (χ0n) is 16.1. The van der Waals surface area contributed by atoms with Crippen molar-refractivity contribution in [2.24, 2.45) is 0 Å². The number of hydrogen-bond donors (Lipinski definition) is 2. The summed E-state index contributed by atoms with van der Waals surface area (Å²) in [7, 11) is 0. The van der Waals surface area contributed by atoms with Crippen LogP contribution in [0.2, 0.25) is 0 Å². The number of benzene rings is 2. The smallest absolute Gasteiger partial charge is 0.295 e. The van der Waals surface area contributed by atoms with Crippen molar-refractivity contribution in [3.05, 3.63) is 81.4 Å². The summed E-state index contributed by atoms with van der Waals surface area (Å²) in [6, 6.07) is 12.8. The van der Waals surface area contributed by atoms with E-state index in [1.165, 1.54) is 36.1 Å². The number of ketones is 1. The Kier molecular flexibility index (Phi) is 5.91. The summed E-state index contributed by atoms with van der Waals surface area (Å²) in [5.41, 5.74) is 0.546. The zero-order chi connectivity index (χ0) is 21.8. The Bertz CT molecular complexity index is 1030. The number of nitro groups is 1. The highest BCUT2D eigenvalue weighted by molar-refractivity contribution is 6.46. The first-order chi connectivity index (χ1) is 14.3. The van der Waals surface area contributed by atoms with Crippen LogP contribution in [0.3, 0.4) is 0 Å². The molecule has 0 saturated carbocycles. The molecule has 1 aliphatic rings. The number of nitro benzene ring substituents is 1. The number of aliphatic hydroxyl groups is 1. The molecule has 2 aromatic rings. The molecule has 0 spiro atoms. The van der Waals surface area contributed by atoms with Crippen LogP contribution in [0.5, 0.6) is 0 Å². The quantitative estimate of drug-likeness (QED) is 0.247. The number of nitrogens with zero attached hydrogens (tertiary/aromatic N) is 2. The summed E-state index contributed by atoms with van der Waals surface area (Å²) in [6.07, 6.45) is 0. The lowest BCUT2D eigenvalue weighted by Crippen LogP contribution is -2.37. The molecule has 1 aliphatic heterocycles. The molecule has 0 unspecified atom stereocenters. The molecular formula is C21H19N3O6. The van der Waals surface area contributed by atoms with Crippen molar-refractivity contribution < 1.29 is 24.4 Å². The summed E-state index contributed by atoms with van der Waals surface area (Å²) in [6.45, 7) is 1.46. The van der Waals surface area contributed by atoms with Crippen LogP contribution in [0.25, 0.3) is 5.76 Å². The average Bonchev–Trinajstić information content (AvgIpc) is 2.98. The Morgan fingerprint density at radius 3 is 2.33 bits per heavy atom. The van der Waals surface area contributed by atoms with Crippen molar-refractivity contribution in [1.82, 2.24) is 10.2 Å². The van der Waals surface area contributed by atoms with Crippen LogP contribution in [0.4, 0.5) is 5.69 Å². The molecule has 30 heavy (non-hydrogen) atoms. The predicted octanol–water partition coefficient (Wildman–Crippen LogP) is 2.15. The number of aliphatic hydroxyl groups excluding tert-OH is 1. The van der Waals surface area contributed by atoms with Gasteiger partial charge in [0.25, 0.3) is 17.4 Å². The van der Waals surface area contributed by atoms with Gasteiger partial charge in [-0.05, 0) is 17.7 Å². The highest BCUT2D eigenvalue weighted by Crippen LogP contribution is 2.39. The van der Waals surface area contributed by atoms with E-state index < -0.39 is 22.7 Å². The molecule has 2 aromatic carbocycles. The molecule has 0 bridgehead atoms. The van der Waals surface area contributed by atoms with Gasteiger partial charge in [0.05, 0.1) is 16.5 Å². The van der Waals surface area contributed by atoms with Gasteiger partial charge >= 0.3 is 0 Å². The Balaban J connectivity index is 2.09. The summed E-state index contributed by atoms with van der Waals surface area (Å²) in [5.74, 6) is -2.30. The summed E-state index contributed by atoms with van der Waals surface area (Å²) >= 11 is 0. The van der Waals surface area contributed by atoms with Crippen molar-refractivity contribution in [3.63, 3.8) is 0 Å². The Morgan fingerprint density at radius 2 is 1.77 bits per heavy atom. The van der Waals surface area contributed by atoms with Gasteiger partial charge < -0.3 is 15.3 Å². The van der Waals surface area contributed by atoms with Gasteiger partial charge in [-0.1, -0.05) is 30.3 Å². The number of rotatable bonds is 6. The third-order valence-electron chi connectivity index (χ3n) is 4.73. The zero-order valence-corrected chi connectivity index (χ0v) is 16.1. The minimum Gasteiger partial charge on any atom is -0.507 e. The van der Waals surface area contributed by atoms with E-state index in [0.29, 0.717) is 11.1 Å². The van der Waals surface area contributed by atoms with E-state index in [2.05, 4.69) is 5.32 Å². The van der Waals surface area contributed by atoms with E-state index in [1.807, 2.05) is 0 Å². The number of likely N-dealkylation sites (tertiary alicyclic amines) is 1. The van der Waals surface area contributed by atoms with E-state index in [1.54, 1.807) is 30.3 Å². The van der Waals surface area contributed by atoms with Gasteiger partial charge in [-0.15, -0.1) is 0 Å². The molecule has 1 saturated heterocycles. The van der Waals surface area contributed by atoms with Crippen LogP contribution in [0.1, 0.15) is 24.1 Å². The largest absolute Gasteiger partial charge is 0.507 e. The molecular weight excluding hydrogens is 390 g/mol. The van der Waals surface area contributed by atoms with Crippen molar-refractivity contribution >= 4 is 29.0 Å². The van der Waals surface area contributed by atoms with E-state index >= 15 is 0 Å². The number of non-ortho nitro benzene ring substituents is 1. The van der Waals surface area contributed by atoms with Crippen LogP contribution in [-0.2, 0) is 14.4 Å². The Morgan fingerprint density at radius 1 is 1.13 bits per heavy atom. The second-order valence-electron chi connectivity index (χ2n) is 6.69. The summed E-state index contributed by atoms with van der Waals surface area (Å²) < 4.78 is 0. The number of hydrogen-bond acceptors (Lipinski definition) is 6. The third kappa shape index (κ3) is 4.04. The van der Waals surface area contributed by atoms with Gasteiger partial charge in [-0.25, -0.2) is 0 Å². The van der Waals surface area contributed by atoms with Gasteiger partial charge in [0.15, 0.2) is 0 Å². The topological polar surface area (TPSA) is 130 Å². The lowest BCUT2D eigenvalue weighted by atomic mass is 9.95. The van der Waals surface area contributed by atoms with Crippen molar-refractivity contribution in [3.8, 4) is 0 Å². The first-order valence-corrected chi connectivity index (χ1v) is 9.14. The number of nitrogens with one attached hydrogen (secondary N) is 1. The van der Waals surface area contributed by atoms with Crippen LogP contribution in [-0.4, -0.2) is 45.6 Å². The lowest BCUT2D eigenvalue weighted by molar-refractivity contribution is -0.384. The minimum atomic E-state index is -0.945. The fourth-order valence-corrected chi connectivity index (χ4v) is 3.34. The molecule has 3 rings (SSSR count). The van der Waals surface area contributed by atoms with Gasteiger partial charge in [0.2, 0.25) is 5.91 Å². The molecule has 0 radical (unpaired) electrons. The summed E-state index contributed by atoms with van der Waals surface area (Å²) in [5, 5.41) is 24.3. The second kappa shape index (κ2) is 8.56. The first-order valence-electron chi connectivity index (χ1n) is 9.14. The van der Waals surface area contributed by atoms with Crippen molar-refractivity contribution in [2.75, 3.05) is 13.1 Å². The fraction of sp³-hybridized carbons (Fsp3) is 0.190. The molecule has 1 fully saturated rings. The highest BCUT2D eigenvalue weighted by atomic mass is 16.6. The number of amides is 2. The van der Waals surface area contributed by atoms with E-state index in [-0.39, 0.29) is 36.0 Å². The summed E-state index contributed by atoms with van der Waals surface area (Å²) in [4.78, 5) is 48.3. The number of carbonyl (C=O) groups excluding carboxylic acids is 3. The molecule has 9 heteroatoms. The maximum atomic E-state index is 12.8. The molecule has 0 aliphatic carbocycles. The van der Waals surface area contributed by atoms with Crippen LogP contribution in [0, 0.1) is 10.1 Å². The monoisotopic (exact) mass is 409 g/mol. The molecule has 1 atom stereocenters. The van der Waals surface area contributed by atoms with Crippen LogP contribution < -0.4 is 5.32 Å². The van der Waals surface area contributed by atoms with E-state index in [0.717, 1.165) is 0 Å². The van der Waals surface area contributed by atoms with Gasteiger partial charge in [-0.2, -0.15) is 0 Å². The van der Waals surface area contributed by atoms with Crippen molar-refractivity contribution in [1.29, 1.82) is 0 Å². The van der Waals surface area contributed by atoms with E-state index in [9.17, 15) is 29.6 Å². The SMILES string of the molecule is CC(=O)NCCN1C(=O)C(=O)C(=C(O)c2ccccc2)[C@@H]1c1ccc([N+](=O)[O-])cc1. The number of Topliss-reactive ketones (excluding diaryl/α,β-unsaturated/α-hetero) is 1. The minimum absolute atomic E-state index is 0.0252. The predicted molar refractivity (Wildman–Crippen MR) is 107 cm³/mol. The van der Waals surface area contributed by atoms with Gasteiger partial charge in [0, 0.05) is 37.7 Å². The number of carbonyl (C=O) groups is 3. The maximum Gasteiger partial charge on any atom is 0.295 e. The van der Waals surface area contributed by atoms with E-state index in [4.69, 9.17) is 0 Å². The Hall–Kier alpha value is -4.01. The standard InChI is InChI=1S/C21H19N3O6/c1-13(25)22-11-12-23-18(14-7-9-16(10-8-14)24(29)30)17(20(27)21(23)28)19(26)15-5-3-2-4-6-15/h2-10,18,26H,11-12H2,1H3,(H,22,25)/t18-/m0/s1. The fourth-order valence-electron chi connectivity index (χ4n) is 3.34. The van der Waals surface area contributed by atoms with Crippen LogP contribution >= 0.6 is 0 Å². The second-order valence-corrected chi connectivity index (χ2v) is 6.69. The molecule has 0 aromatic heterocycles. The van der Waals surface area contributed by atoms with Gasteiger partial charge in [-0.3, -0.25) is 24.5 Å². The highest BCUT2D eigenvalue weighted by Gasteiger charge is 2.45. The van der Waals surface area contributed by atoms with Crippen molar-refractivity contribution in [2.45, 2.75) is 13.0 Å². The maximum absolute atomic E-state index is 12.8. The third-order valence-corrected chi connectivity index (χ3v) is 4.73.